The van der Waals surface area contributed by atoms with Crippen molar-refractivity contribution in [2.24, 2.45) is 0 Å². The number of aldehydes is 1. The average Bonchev–Trinajstić information content (AvgIpc) is 3.00. The van der Waals surface area contributed by atoms with Crippen molar-refractivity contribution in [3.8, 4) is 57.1 Å². The van der Waals surface area contributed by atoms with Crippen LogP contribution in [0.1, 0.15) is 21.5 Å². The minimum atomic E-state index is -0.198. The molecule has 4 aromatic carbocycles. The van der Waals surface area contributed by atoms with Gasteiger partial charge in [0.05, 0.1) is 55.3 Å². The lowest BCUT2D eigenvalue weighted by Gasteiger charge is -2.23. The number of phenols is 1. The maximum atomic E-state index is 12.5. The molecule has 0 aliphatic heterocycles. The molecule has 0 atom stereocenters. The third kappa shape index (κ3) is 4.75. The molecule has 0 amide bonds. The van der Waals surface area contributed by atoms with Gasteiger partial charge in [-0.15, -0.1) is 0 Å². The Morgan fingerprint density at radius 1 is 0.675 bits per heavy atom. The molecular weight excluding hydrogens is 516 g/mol. The van der Waals surface area contributed by atoms with E-state index in [2.05, 4.69) is 0 Å². The predicted octanol–water partition coefficient (Wildman–Crippen LogP) is 5.68. The summed E-state index contributed by atoms with van der Waals surface area (Å²) < 4.78 is 39.0. The Bertz CT molecular complexity index is 1560. The Labute approximate surface area is 232 Å². The van der Waals surface area contributed by atoms with E-state index in [1.807, 2.05) is 18.2 Å². The van der Waals surface area contributed by atoms with E-state index in [0.717, 1.165) is 5.56 Å². The molecule has 0 saturated heterocycles. The summed E-state index contributed by atoms with van der Waals surface area (Å²) in [6.45, 7) is 0. The summed E-state index contributed by atoms with van der Waals surface area (Å²) in [5, 5.41) is 12.7. The molecule has 40 heavy (non-hydrogen) atoms. The predicted molar refractivity (Wildman–Crippen MR) is 152 cm³/mol. The zero-order chi connectivity index (χ0) is 29.0. The molecule has 9 nitrogen and oxygen atoms in total. The molecule has 0 heterocycles. The van der Waals surface area contributed by atoms with Gasteiger partial charge in [-0.3, -0.25) is 4.79 Å². The number of aromatic hydroxyl groups is 1. The largest absolute Gasteiger partial charge is 0.507 e. The second-order valence-corrected chi connectivity index (χ2v) is 8.73. The third-order valence-corrected chi connectivity index (χ3v) is 6.84. The lowest BCUT2D eigenvalue weighted by molar-refractivity contribution is 0.112. The van der Waals surface area contributed by atoms with Crippen LogP contribution in [0.4, 0.5) is 0 Å². The second kappa shape index (κ2) is 11.9. The monoisotopic (exact) mass is 548 g/mol. The van der Waals surface area contributed by atoms with Gasteiger partial charge in [-0.05, 0) is 41.3 Å². The van der Waals surface area contributed by atoms with E-state index in [1.54, 1.807) is 52.7 Å². The average molecular weight is 549 g/mol. The van der Waals surface area contributed by atoms with Crippen LogP contribution < -0.4 is 33.2 Å². The fourth-order valence-electron chi connectivity index (χ4n) is 4.98. The van der Waals surface area contributed by atoms with Crippen molar-refractivity contribution >= 4 is 17.1 Å². The highest BCUT2D eigenvalue weighted by Gasteiger charge is 2.28. The topological polar surface area (TPSA) is 102 Å². The van der Waals surface area contributed by atoms with Crippen LogP contribution in [0.3, 0.4) is 0 Å². The third-order valence-electron chi connectivity index (χ3n) is 6.84. The van der Waals surface area contributed by atoms with Crippen molar-refractivity contribution < 1.29 is 43.1 Å². The lowest BCUT2D eigenvalue weighted by Crippen LogP contribution is -2.04. The number of hydrogen-bond acceptors (Lipinski definition) is 9. The molecule has 4 aromatic rings. The molecule has 0 bridgehead atoms. The van der Waals surface area contributed by atoms with E-state index in [4.69, 9.17) is 33.2 Å². The number of carbonyl (C=O) groups excluding carboxylic acids is 1. The number of benzene rings is 4. The molecule has 0 spiro atoms. The smallest absolute Gasteiger partial charge is 0.203 e. The standard InChI is InChI=1S/C31H32O9/c1-34-18-9-10-19(24(14-18)36-3)27-20-15-26(38-5)30(39-6)31(40-7)28(20)22(16-32)29(33)21(27)12-17-8-11-23(35-2)25(13-17)37-4/h8-11,13-16,33H,12H2,1-7H3. The Kier molecular flexibility index (Phi) is 8.43. The van der Waals surface area contributed by atoms with Gasteiger partial charge in [-0.2, -0.15) is 0 Å². The van der Waals surface area contributed by atoms with Gasteiger partial charge in [0.15, 0.2) is 29.3 Å². The van der Waals surface area contributed by atoms with E-state index in [1.165, 1.54) is 21.3 Å². The number of fused-ring (bicyclic) bond motifs is 1. The van der Waals surface area contributed by atoms with Crippen molar-refractivity contribution in [2.45, 2.75) is 6.42 Å². The molecule has 0 radical (unpaired) electrons. The summed E-state index contributed by atoms with van der Waals surface area (Å²) in [6.07, 6.45) is 0.851. The molecule has 4 rings (SSSR count). The number of hydrogen-bond donors (Lipinski definition) is 1. The number of phenolic OH excluding ortho intramolecular Hbond substituents is 1. The van der Waals surface area contributed by atoms with Crippen LogP contribution in [0.5, 0.6) is 46.0 Å². The molecule has 0 aliphatic rings. The highest BCUT2D eigenvalue weighted by Crippen LogP contribution is 2.52. The van der Waals surface area contributed by atoms with Gasteiger partial charge < -0.3 is 38.3 Å². The quantitative estimate of drug-likeness (QED) is 0.237. The molecule has 0 saturated carbocycles. The minimum absolute atomic E-state index is 0.0551. The highest BCUT2D eigenvalue weighted by atomic mass is 16.5. The van der Waals surface area contributed by atoms with Crippen molar-refractivity contribution in [1.82, 2.24) is 0 Å². The zero-order valence-electron chi connectivity index (χ0n) is 23.5. The van der Waals surface area contributed by atoms with E-state index in [0.29, 0.717) is 68.2 Å². The zero-order valence-corrected chi connectivity index (χ0v) is 23.5. The summed E-state index contributed by atoms with van der Waals surface area (Å²) in [6, 6.07) is 12.6. The van der Waals surface area contributed by atoms with Crippen LogP contribution in [0, 0.1) is 0 Å². The summed E-state index contributed by atoms with van der Waals surface area (Å²) in [4.78, 5) is 12.5. The molecule has 0 fully saturated rings. The number of methoxy groups -OCH3 is 7. The molecule has 9 heteroatoms. The van der Waals surface area contributed by atoms with Gasteiger partial charge in [0, 0.05) is 34.6 Å². The Morgan fingerprint density at radius 2 is 1.35 bits per heavy atom. The van der Waals surface area contributed by atoms with E-state index in [-0.39, 0.29) is 23.5 Å². The van der Waals surface area contributed by atoms with Crippen LogP contribution in [0.25, 0.3) is 21.9 Å². The molecule has 1 N–H and O–H groups in total. The first-order valence-corrected chi connectivity index (χ1v) is 12.3. The second-order valence-electron chi connectivity index (χ2n) is 8.73. The number of rotatable bonds is 11. The van der Waals surface area contributed by atoms with Gasteiger partial charge in [0.25, 0.3) is 0 Å². The Morgan fingerprint density at radius 3 is 1.93 bits per heavy atom. The molecular formula is C31H32O9. The minimum Gasteiger partial charge on any atom is -0.507 e. The van der Waals surface area contributed by atoms with Crippen LogP contribution >= 0.6 is 0 Å². The summed E-state index contributed by atoms with van der Waals surface area (Å²) >= 11 is 0. The fourth-order valence-corrected chi connectivity index (χ4v) is 4.98. The van der Waals surface area contributed by atoms with Crippen molar-refractivity contribution in [2.75, 3.05) is 49.8 Å². The number of ether oxygens (including phenoxy) is 7. The van der Waals surface area contributed by atoms with Crippen molar-refractivity contribution in [1.29, 1.82) is 0 Å². The molecule has 0 unspecified atom stereocenters. The summed E-state index contributed by atoms with van der Waals surface area (Å²) in [5.41, 5.74) is 2.63. The SMILES string of the molecule is COc1ccc(-c2c(Cc3ccc(OC)c(OC)c3)c(O)c(C=O)c3c(OC)c(OC)c(OC)cc23)c(OC)c1. The fraction of sp³-hybridized carbons (Fsp3) is 0.258. The van der Waals surface area contributed by atoms with Crippen LogP contribution in [-0.2, 0) is 6.42 Å². The van der Waals surface area contributed by atoms with Gasteiger partial charge in [0.1, 0.15) is 17.2 Å². The van der Waals surface area contributed by atoms with Crippen molar-refractivity contribution in [3.05, 3.63) is 59.2 Å². The maximum absolute atomic E-state index is 12.5. The Hall–Kier alpha value is -4.79. The normalized spacial score (nSPS) is 10.7. The van der Waals surface area contributed by atoms with E-state index in [9.17, 15) is 9.90 Å². The summed E-state index contributed by atoms with van der Waals surface area (Å²) in [7, 11) is 10.7. The molecule has 0 aromatic heterocycles. The van der Waals surface area contributed by atoms with E-state index >= 15 is 0 Å². The van der Waals surface area contributed by atoms with Gasteiger partial charge in [0.2, 0.25) is 5.75 Å². The lowest BCUT2D eigenvalue weighted by atomic mass is 9.85. The maximum Gasteiger partial charge on any atom is 0.203 e. The molecule has 210 valence electrons. The van der Waals surface area contributed by atoms with Gasteiger partial charge >= 0.3 is 0 Å². The van der Waals surface area contributed by atoms with Crippen LogP contribution in [-0.4, -0.2) is 61.2 Å². The van der Waals surface area contributed by atoms with Gasteiger partial charge in [-0.25, -0.2) is 0 Å². The van der Waals surface area contributed by atoms with Gasteiger partial charge in [-0.1, -0.05) is 6.07 Å². The first kappa shape index (κ1) is 28.2. The summed E-state index contributed by atoms with van der Waals surface area (Å²) in [5.74, 6) is 2.93. The van der Waals surface area contributed by atoms with E-state index < -0.39 is 0 Å². The Balaban J connectivity index is 2.19. The number of carbonyl (C=O) groups is 1. The van der Waals surface area contributed by atoms with Crippen LogP contribution in [0.2, 0.25) is 0 Å². The highest BCUT2D eigenvalue weighted by molar-refractivity contribution is 6.13. The molecule has 0 aliphatic carbocycles. The first-order valence-electron chi connectivity index (χ1n) is 12.3. The van der Waals surface area contributed by atoms with Crippen LogP contribution in [0.15, 0.2) is 42.5 Å². The first-order chi connectivity index (χ1) is 19.4. The van der Waals surface area contributed by atoms with Crippen molar-refractivity contribution in [3.63, 3.8) is 0 Å².